The average Bonchev–Trinajstić information content (AvgIpc) is 3.37. The minimum Gasteiger partial charge on any atom is -0.312 e. The summed E-state index contributed by atoms with van der Waals surface area (Å²) >= 11 is 0. The maximum atomic E-state index is 3.73. The molecule has 1 aromatic carbocycles. The summed E-state index contributed by atoms with van der Waals surface area (Å²) in [4.78, 5) is 0. The number of hydrogen-bond acceptors (Lipinski definition) is 2. The lowest BCUT2D eigenvalue weighted by atomic mass is 9.97. The molecule has 0 bridgehead atoms. The predicted octanol–water partition coefficient (Wildman–Crippen LogP) is 2.86. The normalized spacial score (nSPS) is 22.1. The van der Waals surface area contributed by atoms with E-state index in [9.17, 15) is 0 Å². The van der Waals surface area contributed by atoms with Gasteiger partial charge in [0.05, 0.1) is 0 Å². The van der Waals surface area contributed by atoms with Crippen LogP contribution in [0.1, 0.15) is 42.4 Å². The molecule has 2 heteroatoms. The van der Waals surface area contributed by atoms with E-state index in [0.29, 0.717) is 0 Å². The van der Waals surface area contributed by atoms with Gasteiger partial charge in [0.25, 0.3) is 0 Å². The Labute approximate surface area is 122 Å². The van der Waals surface area contributed by atoms with Gasteiger partial charge in [-0.2, -0.15) is 0 Å². The molecule has 0 amide bonds. The molecule has 2 nitrogen and oxygen atoms in total. The van der Waals surface area contributed by atoms with E-state index in [1.54, 1.807) is 5.56 Å². The van der Waals surface area contributed by atoms with Crippen LogP contribution < -0.4 is 10.6 Å². The van der Waals surface area contributed by atoms with Crippen LogP contribution in [-0.4, -0.2) is 13.1 Å². The van der Waals surface area contributed by atoms with Gasteiger partial charge >= 0.3 is 0 Å². The van der Waals surface area contributed by atoms with Crippen LogP contribution in [0.4, 0.5) is 0 Å². The lowest BCUT2D eigenvalue weighted by molar-refractivity contribution is 0.378. The van der Waals surface area contributed by atoms with Gasteiger partial charge in [0, 0.05) is 13.1 Å². The number of rotatable bonds is 6. The zero-order valence-electron chi connectivity index (χ0n) is 12.3. The standard InChI is InChI=1S/C18H26N2/c1-2-14-7-8-19-11-17(14)9-13(1)10-20-12-18(15-3-4-15)16-5-6-16/h1-2,9,15-16,18-20H,3-8,10-12H2. The highest BCUT2D eigenvalue weighted by Crippen LogP contribution is 2.48. The van der Waals surface area contributed by atoms with Gasteiger partial charge in [-0.1, -0.05) is 18.2 Å². The fourth-order valence-corrected chi connectivity index (χ4v) is 3.79. The maximum Gasteiger partial charge on any atom is 0.0208 e. The lowest BCUT2D eigenvalue weighted by Gasteiger charge is -2.19. The lowest BCUT2D eigenvalue weighted by Crippen LogP contribution is -2.26. The highest BCUT2D eigenvalue weighted by Gasteiger charge is 2.40. The Morgan fingerprint density at radius 1 is 1.10 bits per heavy atom. The smallest absolute Gasteiger partial charge is 0.0208 e. The van der Waals surface area contributed by atoms with Crippen LogP contribution in [0, 0.1) is 17.8 Å². The van der Waals surface area contributed by atoms with E-state index < -0.39 is 0 Å². The van der Waals surface area contributed by atoms with E-state index in [0.717, 1.165) is 37.4 Å². The van der Waals surface area contributed by atoms with Crippen molar-refractivity contribution in [1.29, 1.82) is 0 Å². The molecule has 108 valence electrons. The quantitative estimate of drug-likeness (QED) is 0.830. The molecule has 2 fully saturated rings. The Balaban J connectivity index is 1.32. The average molecular weight is 270 g/mol. The van der Waals surface area contributed by atoms with Crippen LogP contribution in [0.15, 0.2) is 18.2 Å². The first-order valence-electron chi connectivity index (χ1n) is 8.42. The van der Waals surface area contributed by atoms with E-state index in [1.165, 1.54) is 49.8 Å². The second-order valence-electron chi connectivity index (χ2n) is 7.00. The summed E-state index contributed by atoms with van der Waals surface area (Å²) in [5, 5.41) is 7.20. The van der Waals surface area contributed by atoms with Crippen LogP contribution in [0.3, 0.4) is 0 Å². The first kappa shape index (κ1) is 12.8. The van der Waals surface area contributed by atoms with Crippen molar-refractivity contribution in [3.63, 3.8) is 0 Å². The second kappa shape index (κ2) is 5.50. The Kier molecular flexibility index (Phi) is 3.53. The fourth-order valence-electron chi connectivity index (χ4n) is 3.79. The summed E-state index contributed by atoms with van der Waals surface area (Å²) in [6.45, 7) is 4.47. The van der Waals surface area contributed by atoms with Gasteiger partial charge in [-0.05, 0) is 79.6 Å². The minimum atomic E-state index is 0.981. The van der Waals surface area contributed by atoms with Gasteiger partial charge in [-0.15, -0.1) is 0 Å². The molecule has 2 N–H and O–H groups in total. The molecule has 1 aromatic rings. The summed E-state index contributed by atoms with van der Waals surface area (Å²) in [7, 11) is 0. The SMILES string of the molecule is c1cc2c(cc1CNCC(C1CC1)C1CC1)CNCC2. The van der Waals surface area contributed by atoms with E-state index >= 15 is 0 Å². The number of benzene rings is 1. The topological polar surface area (TPSA) is 24.1 Å². The number of fused-ring (bicyclic) bond motifs is 1. The molecule has 1 heterocycles. The molecule has 3 aliphatic rings. The highest BCUT2D eigenvalue weighted by atomic mass is 14.9. The van der Waals surface area contributed by atoms with Crippen molar-refractivity contribution >= 4 is 0 Å². The molecule has 1 aliphatic heterocycles. The molecule has 0 atom stereocenters. The fraction of sp³-hybridized carbons (Fsp3) is 0.667. The third kappa shape index (κ3) is 2.91. The van der Waals surface area contributed by atoms with E-state index in [2.05, 4.69) is 28.8 Å². The van der Waals surface area contributed by atoms with Crippen molar-refractivity contribution in [3.8, 4) is 0 Å². The molecule has 4 rings (SSSR count). The van der Waals surface area contributed by atoms with Gasteiger partial charge in [0.1, 0.15) is 0 Å². The summed E-state index contributed by atoms with van der Waals surface area (Å²) in [6, 6.07) is 7.06. The second-order valence-corrected chi connectivity index (χ2v) is 7.00. The zero-order chi connectivity index (χ0) is 13.4. The Bertz CT molecular complexity index is 462. The third-order valence-corrected chi connectivity index (χ3v) is 5.32. The van der Waals surface area contributed by atoms with Crippen molar-refractivity contribution in [1.82, 2.24) is 10.6 Å². The molecule has 0 radical (unpaired) electrons. The van der Waals surface area contributed by atoms with Gasteiger partial charge in [-0.3, -0.25) is 0 Å². The predicted molar refractivity (Wildman–Crippen MR) is 82.5 cm³/mol. The van der Waals surface area contributed by atoms with Crippen molar-refractivity contribution in [2.24, 2.45) is 17.8 Å². The highest BCUT2D eigenvalue weighted by molar-refractivity contribution is 5.33. The Hall–Kier alpha value is -0.860. The summed E-state index contributed by atoms with van der Waals surface area (Å²) in [5.41, 5.74) is 4.51. The molecule has 0 spiro atoms. The molecular weight excluding hydrogens is 244 g/mol. The van der Waals surface area contributed by atoms with Crippen LogP contribution in [-0.2, 0) is 19.5 Å². The molecule has 2 saturated carbocycles. The molecule has 0 aromatic heterocycles. The number of hydrogen-bond donors (Lipinski definition) is 2. The summed E-state index contributed by atoms with van der Waals surface area (Å²) < 4.78 is 0. The molecule has 20 heavy (non-hydrogen) atoms. The van der Waals surface area contributed by atoms with E-state index in [1.807, 2.05) is 0 Å². The largest absolute Gasteiger partial charge is 0.312 e. The van der Waals surface area contributed by atoms with E-state index in [-0.39, 0.29) is 0 Å². The van der Waals surface area contributed by atoms with Crippen molar-refractivity contribution in [2.75, 3.05) is 13.1 Å². The van der Waals surface area contributed by atoms with Gasteiger partial charge in [0.2, 0.25) is 0 Å². The first-order valence-corrected chi connectivity index (χ1v) is 8.42. The van der Waals surface area contributed by atoms with Gasteiger partial charge in [-0.25, -0.2) is 0 Å². The van der Waals surface area contributed by atoms with Crippen LogP contribution in [0.5, 0.6) is 0 Å². The van der Waals surface area contributed by atoms with Gasteiger partial charge < -0.3 is 10.6 Å². The van der Waals surface area contributed by atoms with Crippen LogP contribution in [0.25, 0.3) is 0 Å². The molecule has 0 unspecified atom stereocenters. The zero-order valence-corrected chi connectivity index (χ0v) is 12.3. The third-order valence-electron chi connectivity index (χ3n) is 5.32. The summed E-state index contributed by atoms with van der Waals surface area (Å²) in [6.07, 6.45) is 7.16. The Morgan fingerprint density at radius 3 is 2.65 bits per heavy atom. The number of nitrogens with one attached hydrogen (secondary N) is 2. The van der Waals surface area contributed by atoms with Crippen LogP contribution >= 0.6 is 0 Å². The van der Waals surface area contributed by atoms with Crippen molar-refractivity contribution < 1.29 is 0 Å². The molecule has 2 aliphatic carbocycles. The van der Waals surface area contributed by atoms with Crippen LogP contribution in [0.2, 0.25) is 0 Å². The summed E-state index contributed by atoms with van der Waals surface area (Å²) in [5.74, 6) is 3.10. The molecule has 0 saturated heterocycles. The monoisotopic (exact) mass is 270 g/mol. The first-order chi connectivity index (χ1) is 9.90. The van der Waals surface area contributed by atoms with Crippen molar-refractivity contribution in [3.05, 3.63) is 34.9 Å². The molecular formula is C18H26N2. The maximum absolute atomic E-state index is 3.73. The Morgan fingerprint density at radius 2 is 1.90 bits per heavy atom. The van der Waals surface area contributed by atoms with E-state index in [4.69, 9.17) is 0 Å². The van der Waals surface area contributed by atoms with Gasteiger partial charge in [0.15, 0.2) is 0 Å². The van der Waals surface area contributed by atoms with Crippen molar-refractivity contribution in [2.45, 2.75) is 45.2 Å². The minimum absolute atomic E-state index is 0.981.